The largest absolute Gasteiger partial charge is 0.416 e. The molecule has 1 aliphatic rings. The predicted octanol–water partition coefficient (Wildman–Crippen LogP) is 4.84. The number of nitrogens with two attached hydrogens (primary N) is 1. The molecule has 0 saturated carbocycles. The molecule has 2 aromatic carbocycles. The zero-order chi connectivity index (χ0) is 22.5. The molecule has 1 atom stereocenters. The fourth-order valence-electron chi connectivity index (χ4n) is 3.70. The van der Waals surface area contributed by atoms with Crippen molar-refractivity contribution in [2.75, 3.05) is 12.8 Å². The first-order valence-corrected chi connectivity index (χ1v) is 9.50. The molecular weight excluding hydrogens is 414 g/mol. The summed E-state index contributed by atoms with van der Waals surface area (Å²) in [5.41, 5.74) is 7.30. The Hall–Kier alpha value is -3.20. The topological polar surface area (TPSA) is 68.5 Å². The first kappa shape index (κ1) is 21.0. The second kappa shape index (κ2) is 7.49. The lowest BCUT2D eigenvalue weighted by atomic mass is 10.0. The van der Waals surface area contributed by atoms with E-state index in [1.165, 1.54) is 30.1 Å². The summed E-state index contributed by atoms with van der Waals surface area (Å²) in [7, 11) is 1.48. The number of carbonyl (C=O) groups is 1. The number of amides is 1. The van der Waals surface area contributed by atoms with Gasteiger partial charge in [-0.2, -0.15) is 13.2 Å². The first-order valence-electron chi connectivity index (χ1n) is 9.50. The molecule has 0 bridgehead atoms. The molecule has 0 aliphatic carbocycles. The SMILES string of the molecule is C[C@H](c1ccc(C(F)(F)F)cc1)N(C)C(=O)c1cc2c3c(c(N)nc2cc1F)COC3. The molecule has 9 heteroatoms. The van der Waals surface area contributed by atoms with Crippen LogP contribution >= 0.6 is 0 Å². The molecule has 0 spiro atoms. The van der Waals surface area contributed by atoms with Crippen molar-refractivity contribution in [2.24, 2.45) is 0 Å². The molecule has 31 heavy (non-hydrogen) atoms. The molecule has 1 aliphatic heterocycles. The van der Waals surface area contributed by atoms with E-state index >= 15 is 0 Å². The maximum Gasteiger partial charge on any atom is 0.416 e. The molecule has 4 rings (SSSR count). The molecule has 0 fully saturated rings. The number of rotatable bonds is 3. The van der Waals surface area contributed by atoms with Crippen molar-refractivity contribution in [3.63, 3.8) is 0 Å². The Labute approximate surface area is 175 Å². The van der Waals surface area contributed by atoms with Gasteiger partial charge in [0.15, 0.2) is 0 Å². The molecule has 1 amide bonds. The molecule has 162 valence electrons. The van der Waals surface area contributed by atoms with Crippen LogP contribution in [0.25, 0.3) is 10.9 Å². The number of benzene rings is 2. The minimum Gasteiger partial charge on any atom is -0.383 e. The Morgan fingerprint density at radius 2 is 1.81 bits per heavy atom. The third-order valence-corrected chi connectivity index (χ3v) is 5.67. The number of nitrogen functional groups attached to an aromatic ring is 1. The standard InChI is InChI=1S/C22H19F4N3O2/c1-11(12-3-5-13(6-4-12)22(24,25)26)29(2)21(30)15-7-14-16-9-31-10-17(16)20(27)28-19(14)8-18(15)23/h3-8,11H,9-10H2,1-2H3,(H2,27,28)/t11-/m1/s1. The average Bonchev–Trinajstić information content (AvgIpc) is 3.22. The fraction of sp³-hybridized carbons (Fsp3) is 0.273. The minimum atomic E-state index is -4.45. The normalized spacial score (nSPS) is 14.5. The smallest absolute Gasteiger partial charge is 0.383 e. The van der Waals surface area contributed by atoms with Gasteiger partial charge in [-0.1, -0.05) is 12.1 Å². The van der Waals surface area contributed by atoms with Crippen LogP contribution in [0, 0.1) is 5.82 Å². The van der Waals surface area contributed by atoms with Gasteiger partial charge in [0.05, 0.1) is 35.9 Å². The molecule has 0 radical (unpaired) electrons. The lowest BCUT2D eigenvalue weighted by molar-refractivity contribution is -0.137. The van der Waals surface area contributed by atoms with Gasteiger partial charge in [0.1, 0.15) is 11.6 Å². The quantitative estimate of drug-likeness (QED) is 0.601. The number of fused-ring (bicyclic) bond motifs is 3. The summed E-state index contributed by atoms with van der Waals surface area (Å²) >= 11 is 0. The molecule has 5 nitrogen and oxygen atoms in total. The van der Waals surface area contributed by atoms with E-state index in [-0.39, 0.29) is 18.0 Å². The van der Waals surface area contributed by atoms with Crippen molar-refractivity contribution in [3.8, 4) is 0 Å². The zero-order valence-corrected chi connectivity index (χ0v) is 16.8. The highest BCUT2D eigenvalue weighted by Gasteiger charge is 2.31. The third-order valence-electron chi connectivity index (χ3n) is 5.67. The Balaban J connectivity index is 1.67. The predicted molar refractivity (Wildman–Crippen MR) is 107 cm³/mol. The van der Waals surface area contributed by atoms with Gasteiger partial charge in [0, 0.05) is 24.1 Å². The summed E-state index contributed by atoms with van der Waals surface area (Å²) in [4.78, 5) is 18.5. The first-order chi connectivity index (χ1) is 14.6. The van der Waals surface area contributed by atoms with Crippen LogP contribution in [0.15, 0.2) is 36.4 Å². The van der Waals surface area contributed by atoms with E-state index in [9.17, 15) is 22.4 Å². The summed E-state index contributed by atoms with van der Waals surface area (Å²) in [5, 5.41) is 0.585. The fourth-order valence-corrected chi connectivity index (χ4v) is 3.70. The number of hydrogen-bond acceptors (Lipinski definition) is 4. The molecule has 0 saturated heterocycles. The van der Waals surface area contributed by atoms with Crippen LogP contribution in [0.5, 0.6) is 0 Å². The molecular formula is C22H19F4N3O2. The lowest BCUT2D eigenvalue weighted by Gasteiger charge is -2.26. The van der Waals surface area contributed by atoms with Gasteiger partial charge in [-0.15, -0.1) is 0 Å². The van der Waals surface area contributed by atoms with Crippen molar-refractivity contribution in [3.05, 3.63) is 70.0 Å². The van der Waals surface area contributed by atoms with Crippen LogP contribution in [0.3, 0.4) is 0 Å². The summed E-state index contributed by atoms with van der Waals surface area (Å²) in [5.74, 6) is -1.09. The van der Waals surface area contributed by atoms with Crippen molar-refractivity contribution >= 4 is 22.6 Å². The Morgan fingerprint density at radius 1 is 1.16 bits per heavy atom. The number of aromatic nitrogens is 1. The van der Waals surface area contributed by atoms with Crippen molar-refractivity contribution in [1.82, 2.24) is 9.88 Å². The van der Waals surface area contributed by atoms with Crippen LogP contribution < -0.4 is 5.73 Å². The number of alkyl halides is 3. The highest BCUT2D eigenvalue weighted by atomic mass is 19.4. The number of halogens is 4. The Morgan fingerprint density at radius 3 is 2.45 bits per heavy atom. The van der Waals surface area contributed by atoms with Crippen molar-refractivity contribution < 1.29 is 27.1 Å². The number of ether oxygens (including phenoxy) is 1. The lowest BCUT2D eigenvalue weighted by Crippen LogP contribution is -2.30. The van der Waals surface area contributed by atoms with Crippen LogP contribution in [0.4, 0.5) is 23.4 Å². The Kier molecular flexibility index (Phi) is 5.09. The van der Waals surface area contributed by atoms with Crippen LogP contribution in [-0.4, -0.2) is 22.8 Å². The summed E-state index contributed by atoms with van der Waals surface area (Å²) < 4.78 is 58.6. The van der Waals surface area contributed by atoms with Gasteiger partial charge >= 0.3 is 6.18 Å². The molecule has 0 unspecified atom stereocenters. The van der Waals surface area contributed by atoms with E-state index in [2.05, 4.69) is 4.98 Å². The average molecular weight is 433 g/mol. The molecule has 2 heterocycles. The highest BCUT2D eigenvalue weighted by Crippen LogP contribution is 2.34. The summed E-state index contributed by atoms with van der Waals surface area (Å²) in [6, 6.07) is 6.55. The van der Waals surface area contributed by atoms with Crippen LogP contribution in [-0.2, 0) is 24.1 Å². The number of carbonyl (C=O) groups excluding carboxylic acids is 1. The van der Waals surface area contributed by atoms with Crippen molar-refractivity contribution in [2.45, 2.75) is 32.4 Å². The van der Waals surface area contributed by atoms with Gasteiger partial charge in [-0.3, -0.25) is 4.79 Å². The number of hydrogen-bond donors (Lipinski definition) is 1. The van der Waals surface area contributed by atoms with Crippen LogP contribution in [0.2, 0.25) is 0 Å². The molecule has 3 aromatic rings. The highest BCUT2D eigenvalue weighted by molar-refractivity contribution is 5.99. The monoisotopic (exact) mass is 433 g/mol. The van der Waals surface area contributed by atoms with E-state index in [0.29, 0.717) is 23.1 Å². The Bertz CT molecular complexity index is 1180. The maximum atomic E-state index is 14.8. The van der Waals surface area contributed by atoms with E-state index in [4.69, 9.17) is 10.5 Å². The van der Waals surface area contributed by atoms with Gasteiger partial charge in [0.25, 0.3) is 5.91 Å². The van der Waals surface area contributed by atoms with Gasteiger partial charge < -0.3 is 15.4 Å². The van der Waals surface area contributed by atoms with E-state index in [1.54, 1.807) is 6.92 Å². The number of pyridine rings is 1. The second-order valence-corrected chi connectivity index (χ2v) is 7.51. The maximum absolute atomic E-state index is 14.8. The molecule has 2 N–H and O–H groups in total. The number of anilines is 1. The third kappa shape index (κ3) is 3.69. The van der Waals surface area contributed by atoms with E-state index in [1.807, 2.05) is 0 Å². The summed E-state index contributed by atoms with van der Waals surface area (Å²) in [6.07, 6.45) is -4.45. The molecule has 1 aromatic heterocycles. The minimum absolute atomic E-state index is 0.158. The van der Waals surface area contributed by atoms with E-state index in [0.717, 1.165) is 29.3 Å². The van der Waals surface area contributed by atoms with Gasteiger partial charge in [-0.05, 0) is 36.2 Å². The van der Waals surface area contributed by atoms with Gasteiger partial charge in [-0.25, -0.2) is 9.37 Å². The second-order valence-electron chi connectivity index (χ2n) is 7.51. The van der Waals surface area contributed by atoms with Gasteiger partial charge in [0.2, 0.25) is 0 Å². The zero-order valence-electron chi connectivity index (χ0n) is 16.8. The van der Waals surface area contributed by atoms with E-state index < -0.39 is 29.5 Å². The summed E-state index contributed by atoms with van der Waals surface area (Å²) in [6.45, 7) is 2.25. The van der Waals surface area contributed by atoms with Crippen LogP contribution in [0.1, 0.15) is 45.6 Å². The number of nitrogens with zero attached hydrogens (tertiary/aromatic N) is 2. The van der Waals surface area contributed by atoms with Crippen molar-refractivity contribution in [1.29, 1.82) is 0 Å².